The van der Waals surface area contributed by atoms with Gasteiger partial charge in [-0.25, -0.2) is 0 Å². The van der Waals surface area contributed by atoms with Crippen LogP contribution in [0.1, 0.15) is 12.8 Å². The second-order valence-electron chi connectivity index (χ2n) is 4.59. The number of halogens is 1. The number of hydrogen-bond acceptors (Lipinski definition) is 3. The zero-order valence-electron chi connectivity index (χ0n) is 10.4. The molecule has 1 N–H and O–H groups in total. The number of nitrogens with one attached hydrogen (secondary N) is 1. The first kappa shape index (κ1) is 12.5. The molecular weight excluding hydrogens is 236 g/mol. The molecule has 1 unspecified atom stereocenters. The zero-order chi connectivity index (χ0) is 12.3. The minimum Gasteiger partial charge on any atom is -0.497 e. The van der Waals surface area contributed by atoms with Crippen molar-refractivity contribution in [3.63, 3.8) is 0 Å². The van der Waals surface area contributed by atoms with Gasteiger partial charge in [-0.1, -0.05) is 11.6 Å². The largest absolute Gasteiger partial charge is 0.497 e. The molecule has 0 aliphatic carbocycles. The Bertz CT molecular complexity index is 384. The van der Waals surface area contributed by atoms with Crippen molar-refractivity contribution >= 4 is 17.3 Å². The summed E-state index contributed by atoms with van der Waals surface area (Å²) >= 11 is 6.18. The Balaban J connectivity index is 2.06. The molecule has 1 aromatic rings. The number of rotatable bonds is 3. The van der Waals surface area contributed by atoms with Gasteiger partial charge in [-0.15, -0.1) is 0 Å². The van der Waals surface area contributed by atoms with Crippen LogP contribution in [0, 0.1) is 0 Å². The summed E-state index contributed by atoms with van der Waals surface area (Å²) in [6.45, 7) is 2.25. The summed E-state index contributed by atoms with van der Waals surface area (Å²) in [5.74, 6) is 0.834. The molecular formula is C13H19ClN2O. The second kappa shape index (κ2) is 5.61. The normalized spacial score (nSPS) is 21.2. The van der Waals surface area contributed by atoms with Crippen LogP contribution in [-0.4, -0.2) is 38.2 Å². The lowest BCUT2D eigenvalue weighted by Gasteiger charge is -2.31. The summed E-state index contributed by atoms with van der Waals surface area (Å²) in [6.07, 6.45) is 2.42. The van der Waals surface area contributed by atoms with Crippen molar-refractivity contribution in [2.24, 2.45) is 0 Å². The number of ether oxygens (including phenoxy) is 1. The number of likely N-dealkylation sites (tertiary alicyclic amines) is 1. The first-order valence-electron chi connectivity index (χ1n) is 5.97. The zero-order valence-corrected chi connectivity index (χ0v) is 11.1. The topological polar surface area (TPSA) is 24.5 Å². The molecule has 1 saturated heterocycles. The number of hydrogen-bond donors (Lipinski definition) is 1. The maximum atomic E-state index is 6.18. The lowest BCUT2D eigenvalue weighted by molar-refractivity contribution is 0.261. The first-order chi connectivity index (χ1) is 8.19. The van der Waals surface area contributed by atoms with Gasteiger partial charge in [0.1, 0.15) is 5.75 Å². The molecule has 0 bridgehead atoms. The van der Waals surface area contributed by atoms with Gasteiger partial charge in [-0.3, -0.25) is 0 Å². The number of anilines is 1. The van der Waals surface area contributed by atoms with Crippen LogP contribution in [-0.2, 0) is 0 Å². The Kier molecular flexibility index (Phi) is 4.13. The molecule has 17 heavy (non-hydrogen) atoms. The Labute approximate surface area is 108 Å². The summed E-state index contributed by atoms with van der Waals surface area (Å²) in [4.78, 5) is 2.34. The van der Waals surface area contributed by atoms with E-state index < -0.39 is 0 Å². The predicted molar refractivity (Wildman–Crippen MR) is 72.1 cm³/mol. The summed E-state index contributed by atoms with van der Waals surface area (Å²) in [6, 6.07) is 6.17. The predicted octanol–water partition coefficient (Wildman–Crippen LogP) is 2.85. The molecule has 4 heteroatoms. The molecule has 2 rings (SSSR count). The third kappa shape index (κ3) is 3.27. The van der Waals surface area contributed by atoms with Crippen molar-refractivity contribution in [2.75, 3.05) is 32.6 Å². The molecule has 1 heterocycles. The smallest absolute Gasteiger partial charge is 0.121 e. The third-order valence-electron chi connectivity index (χ3n) is 3.16. The molecule has 1 aliphatic rings. The van der Waals surface area contributed by atoms with E-state index in [1.807, 2.05) is 18.2 Å². The first-order valence-corrected chi connectivity index (χ1v) is 6.35. The minimum absolute atomic E-state index is 0.471. The van der Waals surface area contributed by atoms with E-state index in [2.05, 4.69) is 17.3 Å². The Morgan fingerprint density at radius 1 is 1.47 bits per heavy atom. The van der Waals surface area contributed by atoms with Crippen molar-refractivity contribution in [1.82, 2.24) is 4.90 Å². The van der Waals surface area contributed by atoms with Crippen LogP contribution >= 0.6 is 11.6 Å². The van der Waals surface area contributed by atoms with Crippen LogP contribution < -0.4 is 10.1 Å². The Morgan fingerprint density at radius 3 is 3.00 bits per heavy atom. The highest BCUT2D eigenvalue weighted by atomic mass is 35.5. The number of benzene rings is 1. The van der Waals surface area contributed by atoms with E-state index in [-0.39, 0.29) is 0 Å². The maximum absolute atomic E-state index is 6.18. The van der Waals surface area contributed by atoms with E-state index in [0.29, 0.717) is 6.04 Å². The molecule has 3 nitrogen and oxygen atoms in total. The standard InChI is InChI=1S/C13H19ClN2O/c1-16-7-3-4-10(9-16)15-13-8-11(17-2)5-6-12(13)14/h5-6,8,10,15H,3-4,7,9H2,1-2H3. The number of piperidine rings is 1. The van der Waals surface area contributed by atoms with Gasteiger partial charge in [-0.05, 0) is 38.6 Å². The summed E-state index contributed by atoms with van der Waals surface area (Å²) in [7, 11) is 3.82. The Morgan fingerprint density at radius 2 is 2.29 bits per heavy atom. The molecule has 1 aromatic carbocycles. The van der Waals surface area contributed by atoms with Crippen molar-refractivity contribution in [3.8, 4) is 5.75 Å². The molecule has 0 spiro atoms. The van der Waals surface area contributed by atoms with E-state index in [0.717, 1.165) is 23.0 Å². The van der Waals surface area contributed by atoms with Crippen LogP contribution in [0.3, 0.4) is 0 Å². The minimum atomic E-state index is 0.471. The fourth-order valence-corrected chi connectivity index (χ4v) is 2.42. The average molecular weight is 255 g/mol. The van der Waals surface area contributed by atoms with Crippen LogP contribution in [0.25, 0.3) is 0 Å². The summed E-state index contributed by atoms with van der Waals surface area (Å²) in [5, 5.41) is 4.25. The van der Waals surface area contributed by atoms with Crippen molar-refractivity contribution in [2.45, 2.75) is 18.9 Å². The molecule has 0 saturated carbocycles. The van der Waals surface area contributed by atoms with Crippen molar-refractivity contribution < 1.29 is 4.74 Å². The van der Waals surface area contributed by atoms with Gasteiger partial charge in [0.05, 0.1) is 17.8 Å². The fraction of sp³-hybridized carbons (Fsp3) is 0.538. The van der Waals surface area contributed by atoms with E-state index in [1.165, 1.54) is 19.4 Å². The van der Waals surface area contributed by atoms with Gasteiger partial charge in [-0.2, -0.15) is 0 Å². The van der Waals surface area contributed by atoms with Crippen LogP contribution in [0.4, 0.5) is 5.69 Å². The molecule has 1 fully saturated rings. The monoisotopic (exact) mass is 254 g/mol. The third-order valence-corrected chi connectivity index (χ3v) is 3.49. The maximum Gasteiger partial charge on any atom is 0.121 e. The van der Waals surface area contributed by atoms with Gasteiger partial charge < -0.3 is 15.0 Å². The molecule has 0 aromatic heterocycles. The van der Waals surface area contributed by atoms with E-state index in [9.17, 15) is 0 Å². The van der Waals surface area contributed by atoms with Gasteiger partial charge in [0, 0.05) is 18.7 Å². The van der Waals surface area contributed by atoms with Crippen LogP contribution in [0.5, 0.6) is 5.75 Å². The highest BCUT2D eigenvalue weighted by Crippen LogP contribution is 2.28. The van der Waals surface area contributed by atoms with Crippen molar-refractivity contribution in [3.05, 3.63) is 23.2 Å². The average Bonchev–Trinajstić information content (AvgIpc) is 2.32. The number of likely N-dealkylation sites (N-methyl/N-ethyl adjacent to an activating group) is 1. The lowest BCUT2D eigenvalue weighted by Crippen LogP contribution is -2.39. The van der Waals surface area contributed by atoms with Crippen molar-refractivity contribution in [1.29, 1.82) is 0 Å². The van der Waals surface area contributed by atoms with Crippen LogP contribution in [0.2, 0.25) is 5.02 Å². The van der Waals surface area contributed by atoms with E-state index >= 15 is 0 Å². The number of methoxy groups -OCH3 is 1. The second-order valence-corrected chi connectivity index (χ2v) is 5.00. The SMILES string of the molecule is COc1ccc(Cl)c(NC2CCCN(C)C2)c1. The quantitative estimate of drug-likeness (QED) is 0.898. The van der Waals surface area contributed by atoms with Gasteiger partial charge in [0.25, 0.3) is 0 Å². The fourth-order valence-electron chi connectivity index (χ4n) is 2.25. The summed E-state index contributed by atoms with van der Waals surface area (Å²) in [5.41, 5.74) is 0.964. The van der Waals surface area contributed by atoms with E-state index in [1.54, 1.807) is 7.11 Å². The highest BCUT2D eigenvalue weighted by Gasteiger charge is 2.17. The molecule has 94 valence electrons. The van der Waals surface area contributed by atoms with Gasteiger partial charge >= 0.3 is 0 Å². The lowest BCUT2D eigenvalue weighted by atomic mass is 10.1. The van der Waals surface area contributed by atoms with E-state index in [4.69, 9.17) is 16.3 Å². The number of nitrogens with zero attached hydrogens (tertiary/aromatic N) is 1. The summed E-state index contributed by atoms with van der Waals surface area (Å²) < 4.78 is 5.21. The molecule has 1 atom stereocenters. The van der Waals surface area contributed by atoms with Gasteiger partial charge in [0.2, 0.25) is 0 Å². The molecule has 0 radical (unpaired) electrons. The van der Waals surface area contributed by atoms with Gasteiger partial charge in [0.15, 0.2) is 0 Å². The Hall–Kier alpha value is -0.930. The molecule has 0 amide bonds. The molecule has 1 aliphatic heterocycles. The van der Waals surface area contributed by atoms with Crippen LogP contribution in [0.15, 0.2) is 18.2 Å². The highest BCUT2D eigenvalue weighted by molar-refractivity contribution is 6.33.